The summed E-state index contributed by atoms with van der Waals surface area (Å²) in [5.74, 6) is -0.515. The van der Waals surface area contributed by atoms with Crippen LogP contribution in [0.25, 0.3) is 0 Å². The predicted molar refractivity (Wildman–Crippen MR) is 149 cm³/mol. The average Bonchev–Trinajstić information content (AvgIpc) is 2.96. The Bertz CT molecular complexity index is 1400. The van der Waals surface area contributed by atoms with Crippen LogP contribution in [0.3, 0.4) is 0 Å². The van der Waals surface area contributed by atoms with Gasteiger partial charge in [0.05, 0.1) is 13.7 Å². The molecule has 0 saturated heterocycles. The highest BCUT2D eigenvalue weighted by atomic mass is 16.5. The van der Waals surface area contributed by atoms with Gasteiger partial charge in [-0.15, -0.1) is 0 Å². The molecule has 6 heteroatoms. The van der Waals surface area contributed by atoms with Crippen molar-refractivity contribution in [2.45, 2.75) is 38.2 Å². The zero-order chi connectivity index (χ0) is 27.4. The van der Waals surface area contributed by atoms with Crippen molar-refractivity contribution in [2.75, 3.05) is 13.7 Å². The van der Waals surface area contributed by atoms with Crippen LogP contribution >= 0.6 is 0 Å². The number of allylic oxidation sites excluding steroid dienone is 2. The van der Waals surface area contributed by atoms with Gasteiger partial charge in [-0.05, 0) is 48.1 Å². The molecule has 1 aliphatic carbocycles. The van der Waals surface area contributed by atoms with E-state index >= 15 is 0 Å². The third-order valence-electron chi connectivity index (χ3n) is 7.43. The van der Waals surface area contributed by atoms with Gasteiger partial charge in [-0.1, -0.05) is 73.3 Å². The van der Waals surface area contributed by atoms with Crippen molar-refractivity contribution in [2.24, 2.45) is 5.92 Å². The number of ketones is 1. The molecule has 1 N–H and O–H groups in total. The van der Waals surface area contributed by atoms with E-state index in [1.54, 1.807) is 14.0 Å². The molecule has 3 aromatic carbocycles. The van der Waals surface area contributed by atoms with Crippen molar-refractivity contribution in [3.63, 3.8) is 0 Å². The van der Waals surface area contributed by atoms with Crippen molar-refractivity contribution in [3.8, 4) is 11.5 Å². The molecule has 200 valence electrons. The zero-order valence-electron chi connectivity index (χ0n) is 22.3. The maximum atomic E-state index is 13.8. The first kappa shape index (κ1) is 26.3. The number of nitrogens with one attached hydrogen (secondary N) is 1. The van der Waals surface area contributed by atoms with Gasteiger partial charge in [0.25, 0.3) is 0 Å². The van der Waals surface area contributed by atoms with E-state index in [0.29, 0.717) is 42.2 Å². The smallest absolute Gasteiger partial charge is 0.315 e. The molecule has 3 atom stereocenters. The minimum absolute atomic E-state index is 0.0211. The van der Waals surface area contributed by atoms with Gasteiger partial charge in [0, 0.05) is 29.3 Å². The van der Waals surface area contributed by atoms with Gasteiger partial charge >= 0.3 is 5.97 Å². The maximum Gasteiger partial charge on any atom is 0.315 e. The van der Waals surface area contributed by atoms with Crippen LogP contribution in [0.4, 0.5) is 0 Å². The quantitative estimate of drug-likeness (QED) is 0.362. The third-order valence-corrected chi connectivity index (χ3v) is 7.43. The Morgan fingerprint density at radius 3 is 2.36 bits per heavy atom. The summed E-state index contributed by atoms with van der Waals surface area (Å²) < 4.78 is 17.2. The van der Waals surface area contributed by atoms with Crippen molar-refractivity contribution < 1.29 is 23.8 Å². The van der Waals surface area contributed by atoms with Crippen LogP contribution in [0.5, 0.6) is 11.5 Å². The second-order valence-electron chi connectivity index (χ2n) is 9.87. The fraction of sp³-hybridized carbons (Fsp3) is 0.273. The molecule has 39 heavy (non-hydrogen) atoms. The fourth-order valence-electron chi connectivity index (χ4n) is 5.61. The number of methoxy groups -OCH3 is 1. The summed E-state index contributed by atoms with van der Waals surface area (Å²) in [5, 5.41) is 3.32. The highest BCUT2D eigenvalue weighted by molar-refractivity contribution is 6.01. The number of carbonyl (C=O) groups is 2. The average molecular weight is 524 g/mol. The van der Waals surface area contributed by atoms with Crippen LogP contribution in [-0.4, -0.2) is 25.5 Å². The topological polar surface area (TPSA) is 73.9 Å². The van der Waals surface area contributed by atoms with Crippen LogP contribution in [-0.2, 0) is 20.9 Å². The molecule has 6 nitrogen and oxygen atoms in total. The molecule has 0 amide bonds. The summed E-state index contributed by atoms with van der Waals surface area (Å²) in [6, 6.07) is 25.5. The molecule has 0 fully saturated rings. The van der Waals surface area contributed by atoms with Gasteiger partial charge in [0.1, 0.15) is 12.5 Å². The zero-order valence-corrected chi connectivity index (χ0v) is 22.3. The largest absolute Gasteiger partial charge is 0.493 e. The summed E-state index contributed by atoms with van der Waals surface area (Å²) in [5.41, 5.74) is 4.90. The second kappa shape index (κ2) is 11.6. The van der Waals surface area contributed by atoms with Gasteiger partial charge < -0.3 is 19.5 Å². The molecular formula is C33H33NO5. The first-order valence-corrected chi connectivity index (χ1v) is 13.3. The van der Waals surface area contributed by atoms with E-state index in [4.69, 9.17) is 14.2 Å². The highest BCUT2D eigenvalue weighted by Gasteiger charge is 2.45. The van der Waals surface area contributed by atoms with Crippen LogP contribution < -0.4 is 14.8 Å². The Labute approximate surface area is 229 Å². The summed E-state index contributed by atoms with van der Waals surface area (Å²) in [4.78, 5) is 27.0. The lowest BCUT2D eigenvalue weighted by Gasteiger charge is -2.40. The molecule has 0 saturated carbocycles. The van der Waals surface area contributed by atoms with E-state index in [-0.39, 0.29) is 18.3 Å². The van der Waals surface area contributed by atoms with Crippen LogP contribution in [0.2, 0.25) is 0 Å². The molecule has 0 bridgehead atoms. The van der Waals surface area contributed by atoms with Crippen molar-refractivity contribution in [3.05, 3.63) is 119 Å². The number of hydrogen-bond donors (Lipinski definition) is 1. The van der Waals surface area contributed by atoms with Crippen LogP contribution in [0, 0.1) is 5.92 Å². The molecule has 0 spiro atoms. The van der Waals surface area contributed by atoms with E-state index < -0.39 is 17.8 Å². The van der Waals surface area contributed by atoms with E-state index in [2.05, 4.69) is 24.0 Å². The molecule has 3 unspecified atom stereocenters. The number of Topliss-reactive ketones (excluding diaryl/α,β-unsaturated/α-hetero) is 1. The van der Waals surface area contributed by atoms with Crippen molar-refractivity contribution in [1.29, 1.82) is 0 Å². The molecule has 3 aromatic rings. The Kier molecular flexibility index (Phi) is 7.82. The number of esters is 1. The normalized spacial score (nSPS) is 20.6. The van der Waals surface area contributed by atoms with E-state index in [1.165, 1.54) is 0 Å². The van der Waals surface area contributed by atoms with Gasteiger partial charge in [0.15, 0.2) is 17.3 Å². The number of rotatable bonds is 8. The number of benzene rings is 3. The fourth-order valence-corrected chi connectivity index (χ4v) is 5.61. The molecule has 5 rings (SSSR count). The lowest BCUT2D eigenvalue weighted by Crippen LogP contribution is -2.42. The Hall–Kier alpha value is -4.32. The summed E-state index contributed by atoms with van der Waals surface area (Å²) in [6.07, 6.45) is 1.03. The molecule has 0 aromatic heterocycles. The van der Waals surface area contributed by atoms with Crippen molar-refractivity contribution in [1.82, 2.24) is 5.32 Å². The first-order chi connectivity index (χ1) is 19.0. The maximum absolute atomic E-state index is 13.8. The van der Waals surface area contributed by atoms with Gasteiger partial charge in [0.2, 0.25) is 0 Å². The van der Waals surface area contributed by atoms with Crippen LogP contribution in [0.1, 0.15) is 48.3 Å². The minimum atomic E-state index is -0.748. The molecule has 0 radical (unpaired) electrons. The third kappa shape index (κ3) is 5.46. The van der Waals surface area contributed by atoms with Gasteiger partial charge in [-0.3, -0.25) is 9.59 Å². The molecular weight excluding hydrogens is 490 g/mol. The van der Waals surface area contributed by atoms with E-state index in [1.807, 2.05) is 66.7 Å². The Morgan fingerprint density at radius 1 is 0.949 bits per heavy atom. The second-order valence-corrected chi connectivity index (χ2v) is 9.87. The lowest BCUT2D eigenvalue weighted by atomic mass is 9.69. The molecule has 2 aliphatic rings. The van der Waals surface area contributed by atoms with Crippen molar-refractivity contribution >= 4 is 11.8 Å². The van der Waals surface area contributed by atoms with Gasteiger partial charge in [-0.2, -0.15) is 0 Å². The summed E-state index contributed by atoms with van der Waals surface area (Å²) in [7, 11) is 1.58. The Balaban J connectivity index is 1.53. The van der Waals surface area contributed by atoms with Crippen LogP contribution in [0.15, 0.2) is 102 Å². The van der Waals surface area contributed by atoms with E-state index in [9.17, 15) is 9.59 Å². The number of carbonyl (C=O) groups excluding carboxylic acids is 2. The highest BCUT2D eigenvalue weighted by Crippen LogP contribution is 2.48. The Morgan fingerprint density at radius 2 is 1.67 bits per heavy atom. The molecule has 1 heterocycles. The number of ether oxygens (including phenoxy) is 3. The SMILES string of the molecule is C=C1NC2=C(C(=O)CC(c3ccccc3)C2)C(c2ccc(OCc3ccccc3)c(OC)c2)C1C(=O)OCC. The monoisotopic (exact) mass is 523 g/mol. The predicted octanol–water partition coefficient (Wildman–Crippen LogP) is 6.05. The minimum Gasteiger partial charge on any atom is -0.493 e. The van der Waals surface area contributed by atoms with E-state index in [0.717, 1.165) is 22.4 Å². The first-order valence-electron chi connectivity index (χ1n) is 13.3. The summed E-state index contributed by atoms with van der Waals surface area (Å²) >= 11 is 0. The summed E-state index contributed by atoms with van der Waals surface area (Å²) in [6.45, 7) is 6.60. The molecule has 1 aliphatic heterocycles. The van der Waals surface area contributed by atoms with Gasteiger partial charge in [-0.25, -0.2) is 0 Å². The lowest BCUT2D eigenvalue weighted by molar-refractivity contribution is -0.147. The number of hydrogen-bond acceptors (Lipinski definition) is 6. The standard InChI is InChI=1S/C33H33NO5/c1-4-38-33(36)30-21(2)34-26-17-25(23-13-9-6-10-14-23)18-27(35)32(26)31(30)24-15-16-28(29(19-24)37-3)39-20-22-11-7-5-8-12-22/h5-16,19,25,30-31,34H,2,4,17-18,20H2,1,3H3.